The molecule has 1 unspecified atom stereocenters. The van der Waals surface area contributed by atoms with Gasteiger partial charge in [0.1, 0.15) is 0 Å². The molecule has 0 radical (unpaired) electrons. The molecule has 20 heavy (non-hydrogen) atoms. The summed E-state index contributed by atoms with van der Waals surface area (Å²) in [5, 5.41) is 0. The molecule has 0 bridgehead atoms. The third-order valence-electron chi connectivity index (χ3n) is 3.42. The minimum absolute atomic E-state index is 0.248. The van der Waals surface area contributed by atoms with Crippen molar-refractivity contribution in [2.45, 2.75) is 26.3 Å². The SMILES string of the molecule is CCC(C)N(CCOC)c1c(N)cccc1C(=O)OC. The Kier molecular flexibility index (Phi) is 6.31. The van der Waals surface area contributed by atoms with Crippen LogP contribution in [0.15, 0.2) is 18.2 Å². The summed E-state index contributed by atoms with van der Waals surface area (Å²) in [6, 6.07) is 5.54. The van der Waals surface area contributed by atoms with Crippen LogP contribution in [0, 0.1) is 0 Å². The molecule has 0 aliphatic carbocycles. The van der Waals surface area contributed by atoms with Crippen molar-refractivity contribution in [2.24, 2.45) is 0 Å². The molecule has 1 atom stereocenters. The summed E-state index contributed by atoms with van der Waals surface area (Å²) in [5.41, 5.74) is 7.88. The smallest absolute Gasteiger partial charge is 0.340 e. The van der Waals surface area contributed by atoms with Crippen LogP contribution in [0.2, 0.25) is 0 Å². The van der Waals surface area contributed by atoms with Crippen molar-refractivity contribution in [3.63, 3.8) is 0 Å². The van der Waals surface area contributed by atoms with Crippen molar-refractivity contribution >= 4 is 17.3 Å². The quantitative estimate of drug-likeness (QED) is 0.613. The molecule has 0 saturated carbocycles. The van der Waals surface area contributed by atoms with E-state index in [0.717, 1.165) is 12.1 Å². The minimum Gasteiger partial charge on any atom is -0.465 e. The molecule has 0 aromatic heterocycles. The number of carbonyl (C=O) groups excluding carboxylic acids is 1. The van der Waals surface area contributed by atoms with Crippen LogP contribution >= 0.6 is 0 Å². The number of hydrogen-bond donors (Lipinski definition) is 1. The second-order valence-corrected chi connectivity index (χ2v) is 4.68. The highest BCUT2D eigenvalue weighted by Crippen LogP contribution is 2.30. The summed E-state index contributed by atoms with van der Waals surface area (Å²) in [7, 11) is 3.03. The second kappa shape index (κ2) is 7.75. The standard InChI is InChI=1S/C15H24N2O3/c1-5-11(2)17(9-10-19-3)14-12(15(18)20-4)7-6-8-13(14)16/h6-8,11H,5,9-10,16H2,1-4H3. The van der Waals surface area contributed by atoms with E-state index in [1.807, 2.05) is 0 Å². The Morgan fingerprint density at radius 1 is 1.40 bits per heavy atom. The molecule has 0 fully saturated rings. The Balaban J connectivity index is 3.26. The van der Waals surface area contributed by atoms with Gasteiger partial charge in [-0.15, -0.1) is 0 Å². The summed E-state index contributed by atoms with van der Waals surface area (Å²) < 4.78 is 10.0. The predicted octanol–water partition coefficient (Wildman–Crippen LogP) is 2.31. The third-order valence-corrected chi connectivity index (χ3v) is 3.42. The number of para-hydroxylation sites is 1. The van der Waals surface area contributed by atoms with Crippen LogP contribution in [-0.4, -0.2) is 39.4 Å². The summed E-state index contributed by atoms with van der Waals surface area (Å²) in [5.74, 6) is -0.377. The largest absolute Gasteiger partial charge is 0.465 e. The summed E-state index contributed by atoms with van der Waals surface area (Å²) >= 11 is 0. The number of nitrogens with zero attached hydrogens (tertiary/aromatic N) is 1. The lowest BCUT2D eigenvalue weighted by molar-refractivity contribution is 0.0601. The molecule has 5 nitrogen and oxygen atoms in total. The lowest BCUT2D eigenvalue weighted by Gasteiger charge is -2.32. The average Bonchev–Trinajstić information content (AvgIpc) is 2.47. The number of hydrogen-bond acceptors (Lipinski definition) is 5. The molecular formula is C15H24N2O3. The topological polar surface area (TPSA) is 64.8 Å². The molecule has 0 spiro atoms. The first-order valence-corrected chi connectivity index (χ1v) is 6.79. The van der Waals surface area contributed by atoms with Gasteiger partial charge in [0.25, 0.3) is 0 Å². The highest BCUT2D eigenvalue weighted by Gasteiger charge is 2.22. The summed E-state index contributed by atoms with van der Waals surface area (Å²) in [6.07, 6.45) is 0.943. The molecule has 1 aromatic rings. The molecule has 112 valence electrons. The zero-order valence-corrected chi connectivity index (χ0v) is 12.7. The number of carbonyl (C=O) groups is 1. The van der Waals surface area contributed by atoms with E-state index in [9.17, 15) is 4.79 Å². The lowest BCUT2D eigenvalue weighted by atomic mass is 10.1. The number of nitrogen functional groups attached to an aromatic ring is 1. The van der Waals surface area contributed by atoms with Crippen LogP contribution in [0.5, 0.6) is 0 Å². The fourth-order valence-electron chi connectivity index (χ4n) is 2.12. The lowest BCUT2D eigenvalue weighted by Crippen LogP contribution is -2.37. The van der Waals surface area contributed by atoms with Crippen LogP contribution < -0.4 is 10.6 Å². The van der Waals surface area contributed by atoms with Gasteiger partial charge in [-0.2, -0.15) is 0 Å². The van der Waals surface area contributed by atoms with Crippen LogP contribution in [0.3, 0.4) is 0 Å². The van der Waals surface area contributed by atoms with Gasteiger partial charge in [-0.3, -0.25) is 0 Å². The van der Waals surface area contributed by atoms with Crippen LogP contribution in [-0.2, 0) is 9.47 Å². The molecule has 0 amide bonds. The predicted molar refractivity (Wildman–Crippen MR) is 81.2 cm³/mol. The highest BCUT2D eigenvalue weighted by atomic mass is 16.5. The molecule has 0 aliphatic rings. The van der Waals surface area contributed by atoms with Gasteiger partial charge in [-0.1, -0.05) is 13.0 Å². The Morgan fingerprint density at radius 2 is 2.10 bits per heavy atom. The van der Waals surface area contributed by atoms with Gasteiger partial charge >= 0.3 is 5.97 Å². The zero-order valence-electron chi connectivity index (χ0n) is 12.7. The van der Waals surface area contributed by atoms with E-state index in [1.165, 1.54) is 7.11 Å². The van der Waals surface area contributed by atoms with Crippen molar-refractivity contribution in [3.05, 3.63) is 23.8 Å². The maximum Gasteiger partial charge on any atom is 0.340 e. The summed E-state index contributed by atoms with van der Waals surface area (Å²) in [6.45, 7) is 5.44. The number of ether oxygens (including phenoxy) is 2. The first-order chi connectivity index (χ1) is 9.56. The Labute approximate surface area is 120 Å². The van der Waals surface area contributed by atoms with E-state index < -0.39 is 0 Å². The first-order valence-electron chi connectivity index (χ1n) is 6.79. The van der Waals surface area contributed by atoms with Gasteiger partial charge < -0.3 is 20.1 Å². The maximum atomic E-state index is 11.9. The van der Waals surface area contributed by atoms with Gasteiger partial charge in [0, 0.05) is 19.7 Å². The monoisotopic (exact) mass is 280 g/mol. The Bertz CT molecular complexity index is 449. The number of rotatable bonds is 7. The molecular weight excluding hydrogens is 256 g/mol. The fraction of sp³-hybridized carbons (Fsp3) is 0.533. The number of nitrogens with two attached hydrogens (primary N) is 1. The van der Waals surface area contributed by atoms with Gasteiger partial charge in [0.05, 0.1) is 30.7 Å². The van der Waals surface area contributed by atoms with Gasteiger partial charge in [-0.05, 0) is 25.5 Å². The molecule has 0 heterocycles. The number of benzene rings is 1. The van der Waals surface area contributed by atoms with Crippen LogP contribution in [0.1, 0.15) is 30.6 Å². The third kappa shape index (κ3) is 3.63. The molecule has 5 heteroatoms. The van der Waals surface area contributed by atoms with Crippen molar-refractivity contribution in [3.8, 4) is 0 Å². The Hall–Kier alpha value is -1.75. The van der Waals surface area contributed by atoms with Crippen molar-refractivity contribution in [1.82, 2.24) is 0 Å². The van der Waals surface area contributed by atoms with Crippen molar-refractivity contribution in [2.75, 3.05) is 38.0 Å². The molecule has 2 N–H and O–H groups in total. The van der Waals surface area contributed by atoms with E-state index in [-0.39, 0.29) is 12.0 Å². The fourth-order valence-corrected chi connectivity index (χ4v) is 2.12. The minimum atomic E-state index is -0.377. The zero-order chi connectivity index (χ0) is 15.1. The highest BCUT2D eigenvalue weighted by molar-refractivity contribution is 5.99. The second-order valence-electron chi connectivity index (χ2n) is 4.68. The van der Waals surface area contributed by atoms with Gasteiger partial charge in [0.15, 0.2) is 0 Å². The van der Waals surface area contributed by atoms with Crippen LogP contribution in [0.4, 0.5) is 11.4 Å². The average molecular weight is 280 g/mol. The molecule has 1 aromatic carbocycles. The van der Waals surface area contributed by atoms with Crippen LogP contribution in [0.25, 0.3) is 0 Å². The van der Waals surface area contributed by atoms with Gasteiger partial charge in [-0.25, -0.2) is 4.79 Å². The number of methoxy groups -OCH3 is 2. The molecule has 0 aliphatic heterocycles. The number of anilines is 2. The first kappa shape index (κ1) is 16.3. The number of esters is 1. The molecule has 0 saturated heterocycles. The Morgan fingerprint density at radius 3 is 2.65 bits per heavy atom. The van der Waals surface area contributed by atoms with Crippen molar-refractivity contribution in [1.29, 1.82) is 0 Å². The van der Waals surface area contributed by atoms with E-state index in [4.69, 9.17) is 15.2 Å². The molecule has 1 rings (SSSR count). The summed E-state index contributed by atoms with van der Waals surface area (Å²) in [4.78, 5) is 14.0. The van der Waals surface area contributed by atoms with E-state index in [0.29, 0.717) is 24.4 Å². The van der Waals surface area contributed by atoms with Crippen molar-refractivity contribution < 1.29 is 14.3 Å². The van der Waals surface area contributed by atoms with E-state index in [2.05, 4.69) is 18.7 Å². The van der Waals surface area contributed by atoms with E-state index >= 15 is 0 Å². The normalized spacial score (nSPS) is 12.0. The van der Waals surface area contributed by atoms with Gasteiger partial charge in [0.2, 0.25) is 0 Å². The van der Waals surface area contributed by atoms with E-state index in [1.54, 1.807) is 25.3 Å². The maximum absolute atomic E-state index is 11.9.